The number of nitrogens with one attached hydrogen (secondary N) is 1. The molecule has 1 heterocycles. The molecule has 26 heavy (non-hydrogen) atoms. The van der Waals surface area contributed by atoms with E-state index < -0.39 is 0 Å². The first-order valence-electron chi connectivity index (χ1n) is 8.69. The van der Waals surface area contributed by atoms with Gasteiger partial charge in [0.05, 0.1) is 18.7 Å². The fraction of sp³-hybridized carbons (Fsp3) is 0.400. The maximum atomic E-state index is 12.4. The Morgan fingerprint density at radius 1 is 1.31 bits per heavy atom. The highest BCUT2D eigenvalue weighted by Gasteiger charge is 2.16. The van der Waals surface area contributed by atoms with Gasteiger partial charge in [0.1, 0.15) is 0 Å². The van der Waals surface area contributed by atoms with E-state index in [1.165, 1.54) is 7.11 Å². The second-order valence-corrected chi connectivity index (χ2v) is 6.75. The maximum absolute atomic E-state index is 12.4. The van der Waals surface area contributed by atoms with Gasteiger partial charge >= 0.3 is 0 Å². The molecule has 0 bridgehead atoms. The first-order chi connectivity index (χ1) is 12.5. The molecule has 6 heteroatoms. The van der Waals surface area contributed by atoms with Crippen molar-refractivity contribution in [2.75, 3.05) is 20.3 Å². The molecule has 0 aliphatic carbocycles. The summed E-state index contributed by atoms with van der Waals surface area (Å²) < 4.78 is 11.1. The van der Waals surface area contributed by atoms with E-state index in [-0.39, 0.29) is 5.91 Å². The van der Waals surface area contributed by atoms with Crippen LogP contribution in [0.2, 0.25) is 5.02 Å². The predicted molar refractivity (Wildman–Crippen MR) is 103 cm³/mol. The number of methoxy groups -OCH3 is 1. The van der Waals surface area contributed by atoms with Gasteiger partial charge in [-0.2, -0.15) is 0 Å². The molecule has 0 spiro atoms. The molecule has 0 saturated carbocycles. The lowest BCUT2D eigenvalue weighted by Gasteiger charge is -2.15. The molecular weight excluding hydrogens is 352 g/mol. The standard InChI is InChI=1S/C20H25ClN2O3/c1-14(2)8-11-26-19-17(21)12-15(13-18(19)25-3)20(24)23-10-7-16-6-4-5-9-22-16/h4-6,9,12-14H,7-8,10-11H2,1-3H3,(H,23,24). The van der Waals surface area contributed by atoms with Crippen molar-refractivity contribution in [3.8, 4) is 11.5 Å². The highest BCUT2D eigenvalue weighted by molar-refractivity contribution is 6.32. The number of carbonyl (C=O) groups excluding carboxylic acids is 1. The molecule has 1 N–H and O–H groups in total. The average Bonchev–Trinajstić information content (AvgIpc) is 2.63. The molecule has 0 saturated heterocycles. The Balaban J connectivity index is 1.99. The number of halogens is 1. The Kier molecular flexibility index (Phi) is 7.73. The van der Waals surface area contributed by atoms with E-state index in [1.807, 2.05) is 18.2 Å². The molecule has 0 aliphatic rings. The number of ether oxygens (including phenoxy) is 2. The topological polar surface area (TPSA) is 60.5 Å². The monoisotopic (exact) mass is 376 g/mol. The largest absolute Gasteiger partial charge is 0.493 e. The normalized spacial score (nSPS) is 10.7. The lowest BCUT2D eigenvalue weighted by molar-refractivity contribution is 0.0953. The van der Waals surface area contributed by atoms with Gasteiger partial charge < -0.3 is 14.8 Å². The van der Waals surface area contributed by atoms with E-state index in [0.29, 0.717) is 47.6 Å². The van der Waals surface area contributed by atoms with E-state index in [9.17, 15) is 4.79 Å². The van der Waals surface area contributed by atoms with Crippen molar-refractivity contribution >= 4 is 17.5 Å². The molecule has 2 rings (SSSR count). The third-order valence-electron chi connectivity index (χ3n) is 3.83. The summed E-state index contributed by atoms with van der Waals surface area (Å²) in [5.41, 5.74) is 1.36. The van der Waals surface area contributed by atoms with Gasteiger partial charge in [-0.1, -0.05) is 31.5 Å². The van der Waals surface area contributed by atoms with Gasteiger partial charge in [0.25, 0.3) is 5.91 Å². The quantitative estimate of drug-likeness (QED) is 0.714. The molecule has 1 aromatic carbocycles. The summed E-state index contributed by atoms with van der Waals surface area (Å²) in [5.74, 6) is 1.25. The minimum atomic E-state index is -0.213. The van der Waals surface area contributed by atoms with Gasteiger partial charge in [-0.15, -0.1) is 0 Å². The van der Waals surface area contributed by atoms with Gasteiger partial charge in [0, 0.05) is 30.4 Å². The van der Waals surface area contributed by atoms with E-state index in [4.69, 9.17) is 21.1 Å². The second kappa shape index (κ2) is 10.0. The number of nitrogens with zero attached hydrogens (tertiary/aromatic N) is 1. The highest BCUT2D eigenvalue weighted by atomic mass is 35.5. The van der Waals surface area contributed by atoms with Crippen LogP contribution in [-0.4, -0.2) is 31.2 Å². The van der Waals surface area contributed by atoms with Crippen LogP contribution in [0.25, 0.3) is 0 Å². The number of aromatic nitrogens is 1. The van der Waals surface area contributed by atoms with Crippen LogP contribution < -0.4 is 14.8 Å². The Morgan fingerprint density at radius 3 is 2.77 bits per heavy atom. The number of benzene rings is 1. The van der Waals surface area contributed by atoms with Crippen molar-refractivity contribution in [2.45, 2.75) is 26.7 Å². The van der Waals surface area contributed by atoms with Crippen LogP contribution in [0, 0.1) is 5.92 Å². The molecule has 5 nitrogen and oxygen atoms in total. The first kappa shape index (κ1) is 20.0. The van der Waals surface area contributed by atoms with Crippen LogP contribution in [0.4, 0.5) is 0 Å². The minimum Gasteiger partial charge on any atom is -0.493 e. The number of amides is 1. The summed E-state index contributed by atoms with van der Waals surface area (Å²) in [5, 5.41) is 3.23. The zero-order chi connectivity index (χ0) is 18.9. The second-order valence-electron chi connectivity index (χ2n) is 6.35. The Morgan fingerprint density at radius 2 is 2.12 bits per heavy atom. The Labute approximate surface area is 159 Å². The summed E-state index contributed by atoms with van der Waals surface area (Å²) in [6.07, 6.45) is 3.31. The molecule has 0 radical (unpaired) electrons. The van der Waals surface area contributed by atoms with Crippen molar-refractivity contribution < 1.29 is 14.3 Å². The van der Waals surface area contributed by atoms with Gasteiger partial charge in [0.2, 0.25) is 0 Å². The van der Waals surface area contributed by atoms with Crippen LogP contribution in [0.1, 0.15) is 36.3 Å². The molecule has 1 aromatic heterocycles. The molecule has 0 unspecified atom stereocenters. The fourth-order valence-electron chi connectivity index (χ4n) is 2.34. The third-order valence-corrected chi connectivity index (χ3v) is 4.11. The fourth-order valence-corrected chi connectivity index (χ4v) is 2.61. The SMILES string of the molecule is COc1cc(C(=O)NCCc2ccccn2)cc(Cl)c1OCCC(C)C. The number of carbonyl (C=O) groups is 1. The third kappa shape index (κ3) is 5.92. The van der Waals surface area contributed by atoms with Gasteiger partial charge in [-0.25, -0.2) is 0 Å². The van der Waals surface area contributed by atoms with Crippen LogP contribution >= 0.6 is 11.6 Å². The number of pyridine rings is 1. The summed E-state index contributed by atoms with van der Waals surface area (Å²) in [7, 11) is 1.53. The molecule has 140 valence electrons. The predicted octanol–water partition coefficient (Wildman–Crippen LogP) is 4.14. The van der Waals surface area contributed by atoms with Crippen molar-refractivity contribution in [1.82, 2.24) is 10.3 Å². The molecule has 0 atom stereocenters. The summed E-state index contributed by atoms with van der Waals surface area (Å²) in [4.78, 5) is 16.6. The van der Waals surface area contributed by atoms with Gasteiger partial charge in [-0.3, -0.25) is 9.78 Å². The van der Waals surface area contributed by atoms with Crippen molar-refractivity contribution in [3.05, 3.63) is 52.8 Å². The Bertz CT molecular complexity index is 720. The van der Waals surface area contributed by atoms with Gasteiger partial charge in [-0.05, 0) is 36.6 Å². The molecule has 0 fully saturated rings. The van der Waals surface area contributed by atoms with Crippen LogP contribution in [0.5, 0.6) is 11.5 Å². The summed E-state index contributed by atoms with van der Waals surface area (Å²) in [6, 6.07) is 8.96. The molecule has 2 aromatic rings. The number of hydrogen-bond donors (Lipinski definition) is 1. The Hall–Kier alpha value is -2.27. The lowest BCUT2D eigenvalue weighted by Crippen LogP contribution is -2.26. The summed E-state index contributed by atoms with van der Waals surface area (Å²) in [6.45, 7) is 5.28. The van der Waals surface area contributed by atoms with Crippen LogP contribution in [-0.2, 0) is 6.42 Å². The zero-order valence-corrected chi connectivity index (χ0v) is 16.2. The summed E-state index contributed by atoms with van der Waals surface area (Å²) >= 11 is 6.31. The van der Waals surface area contributed by atoms with Gasteiger partial charge in [0.15, 0.2) is 11.5 Å². The smallest absolute Gasteiger partial charge is 0.251 e. The molecule has 1 amide bonds. The molecular formula is C20H25ClN2O3. The number of rotatable bonds is 9. The maximum Gasteiger partial charge on any atom is 0.251 e. The van der Waals surface area contributed by atoms with E-state index >= 15 is 0 Å². The van der Waals surface area contributed by atoms with Crippen molar-refractivity contribution in [2.24, 2.45) is 5.92 Å². The first-order valence-corrected chi connectivity index (χ1v) is 9.07. The van der Waals surface area contributed by atoms with Crippen LogP contribution in [0.15, 0.2) is 36.5 Å². The lowest BCUT2D eigenvalue weighted by atomic mass is 10.1. The van der Waals surface area contributed by atoms with Crippen LogP contribution in [0.3, 0.4) is 0 Å². The van der Waals surface area contributed by atoms with E-state index in [2.05, 4.69) is 24.1 Å². The highest BCUT2D eigenvalue weighted by Crippen LogP contribution is 2.36. The molecule has 0 aliphatic heterocycles. The minimum absolute atomic E-state index is 0.213. The average molecular weight is 377 g/mol. The van der Waals surface area contributed by atoms with Crippen molar-refractivity contribution in [3.63, 3.8) is 0 Å². The van der Waals surface area contributed by atoms with Crippen molar-refractivity contribution in [1.29, 1.82) is 0 Å². The van der Waals surface area contributed by atoms with E-state index in [1.54, 1.807) is 18.3 Å². The van der Waals surface area contributed by atoms with E-state index in [0.717, 1.165) is 12.1 Å². The zero-order valence-electron chi connectivity index (χ0n) is 15.4. The number of hydrogen-bond acceptors (Lipinski definition) is 4.